The number of carbonyl (C=O) groups excluding carboxylic acids is 2. The van der Waals surface area contributed by atoms with Crippen molar-refractivity contribution < 1.29 is 9.59 Å². The summed E-state index contributed by atoms with van der Waals surface area (Å²) in [5, 5.41) is 0. The Morgan fingerprint density at radius 2 is 1.83 bits per heavy atom. The van der Waals surface area contributed by atoms with Crippen LogP contribution in [0.4, 0.5) is 0 Å². The first-order valence-corrected chi connectivity index (χ1v) is 8.48. The highest BCUT2D eigenvalue weighted by Gasteiger charge is 2.45. The monoisotopic (exact) mass is 323 g/mol. The van der Waals surface area contributed by atoms with Crippen LogP contribution < -0.4 is 0 Å². The smallest absolute Gasteiger partial charge is 0.271 e. The van der Waals surface area contributed by atoms with Gasteiger partial charge in [0, 0.05) is 32.3 Å². The molecule has 5 nitrogen and oxygen atoms in total. The van der Waals surface area contributed by atoms with Gasteiger partial charge in [0.25, 0.3) is 5.91 Å². The molecule has 0 N–H and O–H groups in total. The van der Waals surface area contributed by atoms with Crippen LogP contribution in [0.2, 0.25) is 0 Å². The van der Waals surface area contributed by atoms with Crippen LogP contribution in [0.3, 0.4) is 0 Å². The average Bonchev–Trinajstić information content (AvgIpc) is 3.25. The van der Waals surface area contributed by atoms with E-state index in [9.17, 15) is 9.59 Å². The summed E-state index contributed by atoms with van der Waals surface area (Å²) < 4.78 is 2.05. The standard InChI is InChI=1S/C19H21N3O2/c1-2-18(23)20-12-16-17(13-20)22(11-14-7-4-3-5-8-14)19(24)15-9-6-10-21(15)16/h3-10,16-17H,2,11-13H2,1H3/t16-,17-/m1/s1. The van der Waals surface area contributed by atoms with Crippen LogP contribution in [-0.4, -0.2) is 45.3 Å². The van der Waals surface area contributed by atoms with Crippen molar-refractivity contribution in [3.8, 4) is 0 Å². The Morgan fingerprint density at radius 1 is 1.08 bits per heavy atom. The lowest BCUT2D eigenvalue weighted by Crippen LogP contribution is -2.49. The predicted octanol–water partition coefficient (Wildman–Crippen LogP) is 2.31. The summed E-state index contributed by atoms with van der Waals surface area (Å²) in [7, 11) is 0. The number of aromatic nitrogens is 1. The summed E-state index contributed by atoms with van der Waals surface area (Å²) in [6.45, 7) is 3.77. The number of rotatable bonds is 3. The van der Waals surface area contributed by atoms with E-state index in [-0.39, 0.29) is 23.9 Å². The van der Waals surface area contributed by atoms with Crippen molar-refractivity contribution in [2.75, 3.05) is 13.1 Å². The van der Waals surface area contributed by atoms with Crippen molar-refractivity contribution in [2.24, 2.45) is 0 Å². The molecule has 1 saturated heterocycles. The first kappa shape index (κ1) is 15.0. The van der Waals surface area contributed by atoms with Gasteiger partial charge >= 0.3 is 0 Å². The van der Waals surface area contributed by atoms with Gasteiger partial charge in [-0.25, -0.2) is 0 Å². The minimum atomic E-state index is 0.0353. The number of hydrogen-bond donors (Lipinski definition) is 0. The van der Waals surface area contributed by atoms with E-state index < -0.39 is 0 Å². The molecule has 2 amide bonds. The molecule has 0 unspecified atom stereocenters. The highest BCUT2D eigenvalue weighted by atomic mass is 16.2. The Bertz CT molecular complexity index is 768. The van der Waals surface area contributed by atoms with Gasteiger partial charge in [-0.15, -0.1) is 0 Å². The van der Waals surface area contributed by atoms with Gasteiger partial charge in [-0.1, -0.05) is 37.3 Å². The lowest BCUT2D eigenvalue weighted by Gasteiger charge is -2.38. The maximum absolute atomic E-state index is 13.0. The Hall–Kier alpha value is -2.56. The predicted molar refractivity (Wildman–Crippen MR) is 90.4 cm³/mol. The van der Waals surface area contributed by atoms with Gasteiger partial charge in [0.15, 0.2) is 0 Å². The first-order chi connectivity index (χ1) is 11.7. The van der Waals surface area contributed by atoms with Gasteiger partial charge in [-0.05, 0) is 17.7 Å². The molecule has 5 heteroatoms. The SMILES string of the molecule is CCC(=O)N1C[C@@H]2[C@@H](C1)n1cccc1C(=O)N2Cc1ccccc1. The molecule has 0 aliphatic carbocycles. The summed E-state index contributed by atoms with van der Waals surface area (Å²) in [6.07, 6.45) is 2.47. The average molecular weight is 323 g/mol. The second-order valence-electron chi connectivity index (χ2n) is 6.51. The topological polar surface area (TPSA) is 45.6 Å². The molecule has 124 valence electrons. The molecule has 0 bridgehead atoms. The normalized spacial score (nSPS) is 22.5. The first-order valence-electron chi connectivity index (χ1n) is 8.48. The quantitative estimate of drug-likeness (QED) is 0.870. The second-order valence-corrected chi connectivity index (χ2v) is 6.51. The van der Waals surface area contributed by atoms with Crippen LogP contribution in [0.25, 0.3) is 0 Å². The van der Waals surface area contributed by atoms with E-state index in [1.807, 2.05) is 65.4 Å². The number of carbonyl (C=O) groups is 2. The molecule has 2 aromatic rings. The summed E-state index contributed by atoms with van der Waals surface area (Å²) >= 11 is 0. The maximum atomic E-state index is 13.0. The number of amides is 2. The van der Waals surface area contributed by atoms with Gasteiger partial charge in [0.05, 0.1) is 12.1 Å². The Morgan fingerprint density at radius 3 is 2.58 bits per heavy atom. The number of likely N-dealkylation sites (tertiary alicyclic amines) is 1. The number of hydrogen-bond acceptors (Lipinski definition) is 2. The van der Waals surface area contributed by atoms with E-state index in [4.69, 9.17) is 0 Å². The molecule has 0 saturated carbocycles. The molecule has 3 heterocycles. The fourth-order valence-electron chi connectivity index (χ4n) is 3.91. The highest BCUT2D eigenvalue weighted by molar-refractivity contribution is 5.94. The van der Waals surface area contributed by atoms with Crippen molar-refractivity contribution in [3.63, 3.8) is 0 Å². The molecule has 2 atom stereocenters. The number of nitrogens with zero attached hydrogens (tertiary/aromatic N) is 3. The second kappa shape index (κ2) is 5.82. The van der Waals surface area contributed by atoms with Gasteiger partial charge in [-0.2, -0.15) is 0 Å². The molecule has 24 heavy (non-hydrogen) atoms. The van der Waals surface area contributed by atoms with Gasteiger partial charge in [0.2, 0.25) is 5.91 Å². The molecule has 2 aliphatic heterocycles. The Kier molecular flexibility index (Phi) is 3.63. The zero-order valence-corrected chi connectivity index (χ0v) is 13.8. The van der Waals surface area contributed by atoms with Crippen molar-refractivity contribution in [3.05, 3.63) is 59.9 Å². The lowest BCUT2D eigenvalue weighted by molar-refractivity contribution is -0.130. The van der Waals surface area contributed by atoms with Crippen LogP contribution in [0.15, 0.2) is 48.7 Å². The largest absolute Gasteiger partial charge is 0.338 e. The molecule has 0 radical (unpaired) electrons. The van der Waals surface area contributed by atoms with Gasteiger partial charge in [0.1, 0.15) is 5.69 Å². The van der Waals surface area contributed by atoms with Crippen LogP contribution >= 0.6 is 0 Å². The number of benzene rings is 1. The molecule has 1 aromatic carbocycles. The van der Waals surface area contributed by atoms with E-state index in [2.05, 4.69) is 4.57 Å². The summed E-state index contributed by atoms with van der Waals surface area (Å²) in [6, 6.07) is 14.0. The Labute approximate surface area is 141 Å². The van der Waals surface area contributed by atoms with Crippen molar-refractivity contribution in [1.82, 2.24) is 14.4 Å². The van der Waals surface area contributed by atoms with E-state index >= 15 is 0 Å². The third-order valence-corrected chi connectivity index (χ3v) is 5.13. The Balaban J connectivity index is 1.69. The third-order valence-electron chi connectivity index (χ3n) is 5.13. The zero-order chi connectivity index (χ0) is 16.7. The minimum absolute atomic E-state index is 0.0353. The van der Waals surface area contributed by atoms with Crippen LogP contribution in [0.1, 0.15) is 35.4 Å². The molecule has 1 aromatic heterocycles. The maximum Gasteiger partial charge on any atom is 0.271 e. The van der Waals surface area contributed by atoms with Crippen LogP contribution in [0.5, 0.6) is 0 Å². The van der Waals surface area contributed by atoms with Crippen LogP contribution in [-0.2, 0) is 11.3 Å². The van der Waals surface area contributed by atoms with E-state index in [0.29, 0.717) is 26.1 Å². The summed E-state index contributed by atoms with van der Waals surface area (Å²) in [5.74, 6) is 0.209. The molecule has 1 fully saturated rings. The third kappa shape index (κ3) is 2.31. The highest BCUT2D eigenvalue weighted by Crippen LogP contribution is 2.34. The van der Waals surface area contributed by atoms with Crippen molar-refractivity contribution >= 4 is 11.8 Å². The van der Waals surface area contributed by atoms with Gasteiger partial charge in [-0.3, -0.25) is 9.59 Å². The molecule has 2 aliphatic rings. The fraction of sp³-hybridized carbons (Fsp3) is 0.368. The summed E-state index contributed by atoms with van der Waals surface area (Å²) in [4.78, 5) is 29.0. The summed E-state index contributed by atoms with van der Waals surface area (Å²) in [5.41, 5.74) is 1.84. The zero-order valence-electron chi connectivity index (χ0n) is 13.8. The lowest BCUT2D eigenvalue weighted by atomic mass is 10.0. The molecular weight excluding hydrogens is 302 g/mol. The van der Waals surface area contributed by atoms with Gasteiger partial charge < -0.3 is 14.4 Å². The molecule has 0 spiro atoms. The number of fused-ring (bicyclic) bond motifs is 3. The van der Waals surface area contributed by atoms with E-state index in [1.54, 1.807) is 0 Å². The van der Waals surface area contributed by atoms with Crippen LogP contribution in [0, 0.1) is 0 Å². The van der Waals surface area contributed by atoms with Crippen molar-refractivity contribution in [2.45, 2.75) is 32.0 Å². The molecular formula is C19H21N3O2. The minimum Gasteiger partial charge on any atom is -0.338 e. The van der Waals surface area contributed by atoms with E-state index in [0.717, 1.165) is 11.3 Å². The fourth-order valence-corrected chi connectivity index (χ4v) is 3.91. The van der Waals surface area contributed by atoms with Crippen molar-refractivity contribution in [1.29, 1.82) is 0 Å². The molecule has 4 rings (SSSR count). The van der Waals surface area contributed by atoms with E-state index in [1.165, 1.54) is 0 Å².